The Balaban J connectivity index is 2.08. The fourth-order valence-electron chi connectivity index (χ4n) is 1.73. The fraction of sp³-hybridized carbons (Fsp3) is 1.00. The van der Waals surface area contributed by atoms with E-state index in [1.54, 1.807) is 0 Å². The van der Waals surface area contributed by atoms with Gasteiger partial charge in [-0.1, -0.05) is 6.92 Å². The smallest absolute Gasteiger partial charge is 0.00793 e. The predicted octanol–water partition coefficient (Wildman–Crippen LogP) is 1.28. The summed E-state index contributed by atoms with van der Waals surface area (Å²) >= 11 is 0. The molecule has 0 spiro atoms. The van der Waals surface area contributed by atoms with Gasteiger partial charge in [-0.3, -0.25) is 4.90 Å². The molecule has 0 bridgehead atoms. The molecule has 0 aromatic carbocycles. The van der Waals surface area contributed by atoms with Crippen molar-refractivity contribution in [1.82, 2.24) is 9.80 Å². The van der Waals surface area contributed by atoms with Crippen LogP contribution < -0.4 is 0 Å². The minimum atomic E-state index is 0.781. The summed E-state index contributed by atoms with van der Waals surface area (Å²) in [6, 6.07) is 0.781. The lowest BCUT2D eigenvalue weighted by Gasteiger charge is -2.42. The van der Waals surface area contributed by atoms with Gasteiger partial charge in [-0.2, -0.15) is 0 Å². The summed E-state index contributed by atoms with van der Waals surface area (Å²) in [5.41, 5.74) is 0. The first-order valence-electron chi connectivity index (χ1n) is 4.98. The third-order valence-electron chi connectivity index (χ3n) is 2.71. The van der Waals surface area contributed by atoms with E-state index in [1.165, 1.54) is 26.1 Å². The van der Waals surface area contributed by atoms with Crippen LogP contribution in [0.5, 0.6) is 0 Å². The number of hydrogen-bond acceptors (Lipinski definition) is 2. The molecule has 1 aliphatic rings. The highest BCUT2D eigenvalue weighted by atomic mass is 15.2. The maximum absolute atomic E-state index is 2.58. The second-order valence-electron chi connectivity index (χ2n) is 4.50. The second-order valence-corrected chi connectivity index (χ2v) is 4.50. The summed E-state index contributed by atoms with van der Waals surface area (Å²) in [6.45, 7) is 8.51. The highest BCUT2D eigenvalue weighted by Gasteiger charge is 2.26. The lowest BCUT2D eigenvalue weighted by Crippen LogP contribution is -2.50. The maximum atomic E-state index is 2.58. The molecule has 1 heterocycles. The maximum Gasteiger partial charge on any atom is 0.00793 e. The predicted molar refractivity (Wildman–Crippen MR) is 53.4 cm³/mol. The topological polar surface area (TPSA) is 6.48 Å². The molecule has 1 aliphatic heterocycles. The zero-order valence-electron chi connectivity index (χ0n) is 8.88. The lowest BCUT2D eigenvalue weighted by atomic mass is 9.99. The molecule has 2 heteroatoms. The van der Waals surface area contributed by atoms with Crippen molar-refractivity contribution in [2.75, 3.05) is 33.7 Å². The molecule has 1 unspecified atom stereocenters. The molecule has 72 valence electrons. The van der Waals surface area contributed by atoms with Crippen molar-refractivity contribution in [3.63, 3.8) is 0 Å². The Morgan fingerprint density at radius 2 is 2.00 bits per heavy atom. The van der Waals surface area contributed by atoms with Gasteiger partial charge in [-0.25, -0.2) is 0 Å². The quantitative estimate of drug-likeness (QED) is 0.627. The zero-order valence-corrected chi connectivity index (χ0v) is 8.88. The van der Waals surface area contributed by atoms with Gasteiger partial charge < -0.3 is 4.90 Å². The fourth-order valence-corrected chi connectivity index (χ4v) is 1.73. The van der Waals surface area contributed by atoms with Crippen LogP contribution in [0.15, 0.2) is 0 Å². The van der Waals surface area contributed by atoms with E-state index in [9.17, 15) is 0 Å². The van der Waals surface area contributed by atoms with Gasteiger partial charge >= 0.3 is 0 Å². The normalized spacial score (nSPS) is 22.8. The van der Waals surface area contributed by atoms with Gasteiger partial charge in [0.05, 0.1) is 0 Å². The largest absolute Gasteiger partial charge is 0.309 e. The number of nitrogens with zero attached hydrogens (tertiary/aromatic N) is 2. The van der Waals surface area contributed by atoms with Gasteiger partial charge in [0.15, 0.2) is 0 Å². The van der Waals surface area contributed by atoms with E-state index in [1.807, 2.05) is 0 Å². The SMILES string of the molecule is CC1CN(C(C)CCN(C)C)C1. The Hall–Kier alpha value is -0.0800. The summed E-state index contributed by atoms with van der Waals surface area (Å²) in [4.78, 5) is 4.84. The van der Waals surface area contributed by atoms with Crippen LogP contribution in [0.1, 0.15) is 20.3 Å². The van der Waals surface area contributed by atoms with E-state index in [2.05, 4.69) is 37.7 Å². The second kappa shape index (κ2) is 4.24. The molecule has 0 radical (unpaired) electrons. The van der Waals surface area contributed by atoms with Crippen molar-refractivity contribution >= 4 is 0 Å². The molecule has 0 aromatic heterocycles. The van der Waals surface area contributed by atoms with Crippen LogP contribution >= 0.6 is 0 Å². The van der Waals surface area contributed by atoms with Crippen molar-refractivity contribution in [3.8, 4) is 0 Å². The zero-order chi connectivity index (χ0) is 9.14. The van der Waals surface area contributed by atoms with Gasteiger partial charge in [0.25, 0.3) is 0 Å². The van der Waals surface area contributed by atoms with Gasteiger partial charge in [-0.15, -0.1) is 0 Å². The third-order valence-corrected chi connectivity index (χ3v) is 2.71. The van der Waals surface area contributed by atoms with E-state index in [0.29, 0.717) is 0 Å². The van der Waals surface area contributed by atoms with Gasteiger partial charge in [0.2, 0.25) is 0 Å². The molecule has 0 aromatic rings. The minimum absolute atomic E-state index is 0.781. The Labute approximate surface area is 76.5 Å². The number of rotatable bonds is 4. The van der Waals surface area contributed by atoms with Gasteiger partial charge in [0.1, 0.15) is 0 Å². The molecule has 1 atom stereocenters. The summed E-state index contributed by atoms with van der Waals surface area (Å²) in [7, 11) is 4.29. The molecule has 2 nitrogen and oxygen atoms in total. The summed E-state index contributed by atoms with van der Waals surface area (Å²) in [6.07, 6.45) is 1.31. The van der Waals surface area contributed by atoms with Crippen molar-refractivity contribution < 1.29 is 0 Å². The molecule has 0 N–H and O–H groups in total. The van der Waals surface area contributed by atoms with E-state index in [-0.39, 0.29) is 0 Å². The third kappa shape index (κ3) is 2.76. The van der Waals surface area contributed by atoms with Crippen LogP contribution in [0.2, 0.25) is 0 Å². The minimum Gasteiger partial charge on any atom is -0.309 e. The first-order valence-corrected chi connectivity index (χ1v) is 4.98. The lowest BCUT2D eigenvalue weighted by molar-refractivity contribution is 0.0631. The standard InChI is InChI=1S/C10H22N2/c1-9-7-12(8-9)10(2)5-6-11(3)4/h9-10H,5-8H2,1-4H3. The van der Waals surface area contributed by atoms with Crippen LogP contribution in [0.3, 0.4) is 0 Å². The molecule has 12 heavy (non-hydrogen) atoms. The van der Waals surface area contributed by atoms with E-state index < -0.39 is 0 Å². The number of likely N-dealkylation sites (tertiary alicyclic amines) is 1. The van der Waals surface area contributed by atoms with Crippen molar-refractivity contribution in [2.45, 2.75) is 26.3 Å². The monoisotopic (exact) mass is 170 g/mol. The van der Waals surface area contributed by atoms with E-state index in [4.69, 9.17) is 0 Å². The Morgan fingerprint density at radius 1 is 1.42 bits per heavy atom. The first-order chi connectivity index (χ1) is 5.59. The summed E-state index contributed by atoms with van der Waals surface area (Å²) < 4.78 is 0. The van der Waals surface area contributed by atoms with Crippen molar-refractivity contribution in [1.29, 1.82) is 0 Å². The molecule has 0 amide bonds. The van der Waals surface area contributed by atoms with Gasteiger partial charge in [0, 0.05) is 19.1 Å². The van der Waals surface area contributed by atoms with Crippen LogP contribution in [0.4, 0.5) is 0 Å². The van der Waals surface area contributed by atoms with E-state index >= 15 is 0 Å². The molecule has 0 aliphatic carbocycles. The molecule has 1 saturated heterocycles. The van der Waals surface area contributed by atoms with E-state index in [0.717, 1.165) is 12.0 Å². The first kappa shape index (κ1) is 10.0. The molecular formula is C10H22N2. The van der Waals surface area contributed by atoms with Crippen LogP contribution in [0, 0.1) is 5.92 Å². The highest BCUT2D eigenvalue weighted by Crippen LogP contribution is 2.18. The summed E-state index contributed by atoms with van der Waals surface area (Å²) in [5, 5.41) is 0. The summed E-state index contributed by atoms with van der Waals surface area (Å²) in [5.74, 6) is 0.937. The highest BCUT2D eigenvalue weighted by molar-refractivity contribution is 4.80. The van der Waals surface area contributed by atoms with Crippen LogP contribution in [0.25, 0.3) is 0 Å². The average molecular weight is 170 g/mol. The molecule has 0 saturated carbocycles. The Kier molecular flexibility index (Phi) is 3.53. The van der Waals surface area contributed by atoms with Crippen molar-refractivity contribution in [2.24, 2.45) is 5.92 Å². The molecule has 1 rings (SSSR count). The van der Waals surface area contributed by atoms with Crippen LogP contribution in [-0.2, 0) is 0 Å². The number of hydrogen-bond donors (Lipinski definition) is 0. The average Bonchev–Trinajstić information content (AvgIpc) is 1.94. The Morgan fingerprint density at radius 3 is 2.42 bits per heavy atom. The van der Waals surface area contributed by atoms with Crippen molar-refractivity contribution in [3.05, 3.63) is 0 Å². The molecular weight excluding hydrogens is 148 g/mol. The van der Waals surface area contributed by atoms with Gasteiger partial charge in [-0.05, 0) is 39.9 Å². The molecule has 1 fully saturated rings. The van der Waals surface area contributed by atoms with Crippen LogP contribution in [-0.4, -0.2) is 49.6 Å². The Bertz CT molecular complexity index is 128.